The zero-order valence-electron chi connectivity index (χ0n) is 14.3. The first kappa shape index (κ1) is 17.2. The molecule has 0 aliphatic heterocycles. The third-order valence-electron chi connectivity index (χ3n) is 3.79. The molecule has 2 heterocycles. The van der Waals surface area contributed by atoms with Crippen LogP contribution in [0.5, 0.6) is 0 Å². The van der Waals surface area contributed by atoms with Crippen molar-refractivity contribution in [2.75, 3.05) is 11.9 Å². The highest BCUT2D eigenvalue weighted by molar-refractivity contribution is 5.91. The number of nitrogens with one attached hydrogen (secondary N) is 2. The average Bonchev–Trinajstić information content (AvgIpc) is 3.14. The second-order valence-corrected chi connectivity index (χ2v) is 6.77. The molecule has 0 aliphatic rings. The van der Waals surface area contributed by atoms with Crippen LogP contribution >= 0.6 is 0 Å². The topological polar surface area (TPSA) is 85.0 Å². The van der Waals surface area contributed by atoms with E-state index in [2.05, 4.69) is 27.8 Å². The van der Waals surface area contributed by atoms with E-state index in [9.17, 15) is 4.79 Å². The molecule has 7 heteroatoms. The lowest BCUT2D eigenvalue weighted by Gasteiger charge is -2.21. The van der Waals surface area contributed by atoms with Gasteiger partial charge in [0, 0.05) is 29.9 Å². The Kier molecular flexibility index (Phi) is 5.20. The van der Waals surface area contributed by atoms with E-state index in [4.69, 9.17) is 4.52 Å². The van der Waals surface area contributed by atoms with Gasteiger partial charge < -0.3 is 9.84 Å². The maximum absolute atomic E-state index is 12.0. The van der Waals surface area contributed by atoms with Gasteiger partial charge in [0.05, 0.1) is 18.3 Å². The van der Waals surface area contributed by atoms with Crippen molar-refractivity contribution in [1.29, 1.82) is 0 Å². The minimum Gasteiger partial charge on any atom is -0.338 e. The monoisotopic (exact) mass is 319 g/mol. The third-order valence-corrected chi connectivity index (χ3v) is 3.79. The third kappa shape index (κ3) is 4.66. The van der Waals surface area contributed by atoms with Crippen LogP contribution < -0.4 is 10.6 Å². The lowest BCUT2D eigenvalue weighted by atomic mass is 9.92. The number of hydrogen-bond acceptors (Lipinski definition) is 5. The predicted octanol–water partition coefficient (Wildman–Crippen LogP) is 2.35. The second kappa shape index (κ2) is 6.95. The Hall–Kier alpha value is -2.15. The summed E-state index contributed by atoms with van der Waals surface area (Å²) in [6, 6.07) is 3.89. The van der Waals surface area contributed by atoms with Crippen molar-refractivity contribution in [2.45, 2.75) is 52.1 Å². The summed E-state index contributed by atoms with van der Waals surface area (Å²) in [5.41, 5.74) is 0.694. The summed E-state index contributed by atoms with van der Waals surface area (Å²) in [7, 11) is 0. The molecular formula is C16H25N5O2. The molecule has 126 valence electrons. The molecule has 0 fully saturated rings. The first-order valence-corrected chi connectivity index (χ1v) is 7.77. The molecule has 2 aromatic rings. The molecule has 2 atom stereocenters. The van der Waals surface area contributed by atoms with Crippen LogP contribution in [0.1, 0.15) is 46.4 Å². The fourth-order valence-electron chi connectivity index (χ4n) is 2.04. The Morgan fingerprint density at radius 3 is 2.70 bits per heavy atom. The van der Waals surface area contributed by atoms with Crippen molar-refractivity contribution in [2.24, 2.45) is 0 Å². The van der Waals surface area contributed by atoms with Gasteiger partial charge in [0.25, 0.3) is 0 Å². The van der Waals surface area contributed by atoms with E-state index in [0.717, 1.165) is 5.69 Å². The molecule has 1 amide bonds. The van der Waals surface area contributed by atoms with Gasteiger partial charge in [0.2, 0.25) is 11.8 Å². The van der Waals surface area contributed by atoms with E-state index in [1.54, 1.807) is 12.3 Å². The van der Waals surface area contributed by atoms with Crippen molar-refractivity contribution < 1.29 is 9.32 Å². The van der Waals surface area contributed by atoms with Crippen LogP contribution in [-0.4, -0.2) is 33.4 Å². The highest BCUT2D eigenvalue weighted by Crippen LogP contribution is 2.23. The number of carbonyl (C=O) groups is 1. The van der Waals surface area contributed by atoms with E-state index < -0.39 is 0 Å². The number of rotatable bonds is 6. The Labute approximate surface area is 136 Å². The summed E-state index contributed by atoms with van der Waals surface area (Å²) in [5.74, 6) is 0.204. The van der Waals surface area contributed by atoms with E-state index >= 15 is 0 Å². The van der Waals surface area contributed by atoms with Crippen LogP contribution in [0.15, 0.2) is 29.0 Å². The molecule has 0 aliphatic carbocycles. The molecule has 2 unspecified atom stereocenters. The maximum Gasteiger partial charge on any atom is 0.240 e. The molecule has 7 nitrogen and oxygen atoms in total. The van der Waals surface area contributed by atoms with Gasteiger partial charge in [-0.3, -0.25) is 14.8 Å². The van der Waals surface area contributed by atoms with E-state index in [0.29, 0.717) is 5.88 Å². The molecule has 0 spiro atoms. The van der Waals surface area contributed by atoms with Crippen LogP contribution in [-0.2, 0) is 10.2 Å². The summed E-state index contributed by atoms with van der Waals surface area (Å²) in [6.07, 6.45) is 3.65. The SMILES string of the molecule is CC(NCC(=O)Nc1cc(C(C)(C)C)no1)C(C)n1cccn1. The van der Waals surface area contributed by atoms with E-state index in [-0.39, 0.29) is 30.0 Å². The second-order valence-electron chi connectivity index (χ2n) is 6.77. The molecule has 2 rings (SSSR count). The number of hydrogen-bond donors (Lipinski definition) is 2. The van der Waals surface area contributed by atoms with Crippen molar-refractivity contribution in [1.82, 2.24) is 20.3 Å². The van der Waals surface area contributed by atoms with Gasteiger partial charge in [-0.15, -0.1) is 0 Å². The summed E-state index contributed by atoms with van der Waals surface area (Å²) < 4.78 is 7.01. The van der Waals surface area contributed by atoms with Gasteiger partial charge >= 0.3 is 0 Å². The molecule has 2 N–H and O–H groups in total. The fourth-order valence-corrected chi connectivity index (χ4v) is 2.04. The number of anilines is 1. The Morgan fingerprint density at radius 2 is 2.13 bits per heavy atom. The first-order chi connectivity index (χ1) is 10.8. The van der Waals surface area contributed by atoms with Gasteiger partial charge in [0.15, 0.2) is 0 Å². The zero-order chi connectivity index (χ0) is 17.0. The summed E-state index contributed by atoms with van der Waals surface area (Å²) in [5, 5.41) is 14.1. The quantitative estimate of drug-likeness (QED) is 0.853. The maximum atomic E-state index is 12.0. The van der Waals surface area contributed by atoms with E-state index in [1.165, 1.54) is 0 Å². The van der Waals surface area contributed by atoms with Crippen molar-refractivity contribution in [3.63, 3.8) is 0 Å². The molecule has 0 saturated carbocycles. The summed E-state index contributed by atoms with van der Waals surface area (Å²) >= 11 is 0. The zero-order valence-corrected chi connectivity index (χ0v) is 14.3. The first-order valence-electron chi connectivity index (χ1n) is 7.77. The molecule has 0 bridgehead atoms. The molecule has 0 aromatic carbocycles. The summed E-state index contributed by atoms with van der Waals surface area (Å²) in [6.45, 7) is 10.4. The van der Waals surface area contributed by atoms with Crippen molar-refractivity contribution >= 4 is 11.8 Å². The van der Waals surface area contributed by atoms with Gasteiger partial charge in [-0.2, -0.15) is 5.10 Å². The lowest BCUT2D eigenvalue weighted by Crippen LogP contribution is -2.39. The number of aromatic nitrogens is 3. The smallest absolute Gasteiger partial charge is 0.240 e. The largest absolute Gasteiger partial charge is 0.338 e. The number of amides is 1. The number of carbonyl (C=O) groups excluding carboxylic acids is 1. The molecular weight excluding hydrogens is 294 g/mol. The molecule has 2 aromatic heterocycles. The van der Waals surface area contributed by atoms with Gasteiger partial charge in [-0.1, -0.05) is 25.9 Å². The van der Waals surface area contributed by atoms with Crippen molar-refractivity contribution in [3.8, 4) is 0 Å². The normalized spacial score (nSPS) is 14.5. The van der Waals surface area contributed by atoms with Gasteiger partial charge in [0.1, 0.15) is 0 Å². The van der Waals surface area contributed by atoms with Gasteiger partial charge in [-0.25, -0.2) is 0 Å². The van der Waals surface area contributed by atoms with Crippen molar-refractivity contribution in [3.05, 3.63) is 30.2 Å². The highest BCUT2D eigenvalue weighted by atomic mass is 16.5. The standard InChI is InChI=1S/C16H25N5O2/c1-11(12(2)21-8-6-7-18-21)17-10-14(22)19-15-9-13(20-23-15)16(3,4)5/h6-9,11-12,17H,10H2,1-5H3,(H,19,22). The highest BCUT2D eigenvalue weighted by Gasteiger charge is 2.20. The Balaban J connectivity index is 1.82. The minimum absolute atomic E-state index is 0.0977. The van der Waals surface area contributed by atoms with E-state index in [1.807, 2.05) is 44.6 Å². The number of nitrogens with zero attached hydrogens (tertiary/aromatic N) is 3. The average molecular weight is 319 g/mol. The van der Waals surface area contributed by atoms with Crippen LogP contribution in [0, 0.1) is 0 Å². The lowest BCUT2D eigenvalue weighted by molar-refractivity contribution is -0.115. The molecule has 0 saturated heterocycles. The fraction of sp³-hybridized carbons (Fsp3) is 0.562. The Morgan fingerprint density at radius 1 is 1.39 bits per heavy atom. The minimum atomic E-state index is -0.166. The molecule has 23 heavy (non-hydrogen) atoms. The van der Waals surface area contributed by atoms with Crippen LogP contribution in [0.4, 0.5) is 5.88 Å². The molecule has 0 radical (unpaired) electrons. The summed E-state index contributed by atoms with van der Waals surface area (Å²) in [4.78, 5) is 12.0. The van der Waals surface area contributed by atoms with Crippen LogP contribution in [0.2, 0.25) is 0 Å². The Bertz CT molecular complexity index is 627. The predicted molar refractivity (Wildman–Crippen MR) is 88.2 cm³/mol. The van der Waals surface area contributed by atoms with Crippen LogP contribution in [0.25, 0.3) is 0 Å². The van der Waals surface area contributed by atoms with Crippen LogP contribution in [0.3, 0.4) is 0 Å². The van der Waals surface area contributed by atoms with Gasteiger partial charge in [-0.05, 0) is 19.9 Å².